The Morgan fingerprint density at radius 1 is 1.24 bits per heavy atom. The second-order valence-electron chi connectivity index (χ2n) is 9.71. The number of ether oxygens (including phenoxy) is 2. The second kappa shape index (κ2) is 13.3. The molecule has 17 heteroatoms. The Morgan fingerprint density at radius 2 is 2.00 bits per heavy atom. The van der Waals surface area contributed by atoms with Crippen molar-refractivity contribution in [1.29, 1.82) is 0 Å². The lowest BCUT2D eigenvalue weighted by Crippen LogP contribution is -2.71. The first-order valence-electron chi connectivity index (χ1n) is 12.3. The van der Waals surface area contributed by atoms with E-state index in [4.69, 9.17) is 20.0 Å². The van der Waals surface area contributed by atoms with E-state index in [2.05, 4.69) is 24.2 Å². The highest BCUT2D eigenvalue weighted by atomic mass is 32.2. The average molecular weight is 634 g/mol. The van der Waals surface area contributed by atoms with Crippen molar-refractivity contribution < 1.29 is 33.5 Å². The molecule has 0 bridgehead atoms. The van der Waals surface area contributed by atoms with E-state index in [-0.39, 0.29) is 22.2 Å². The molecule has 2 amide bonds. The van der Waals surface area contributed by atoms with Gasteiger partial charge >= 0.3 is 11.9 Å². The quantitative estimate of drug-likeness (QED) is 0.0968. The van der Waals surface area contributed by atoms with Gasteiger partial charge in [0.2, 0.25) is 6.79 Å². The van der Waals surface area contributed by atoms with Gasteiger partial charge in [0.15, 0.2) is 10.8 Å². The zero-order chi connectivity index (χ0) is 30.4. The van der Waals surface area contributed by atoms with Crippen molar-refractivity contribution in [2.24, 2.45) is 10.6 Å². The predicted octanol–water partition coefficient (Wildman–Crippen LogP) is 1.94. The van der Waals surface area contributed by atoms with Crippen LogP contribution in [0.25, 0.3) is 6.08 Å². The number of nitrogens with one attached hydrogen (secondary N) is 1. The van der Waals surface area contributed by atoms with Crippen molar-refractivity contribution >= 4 is 75.5 Å². The fourth-order valence-corrected chi connectivity index (χ4v) is 5.93. The van der Waals surface area contributed by atoms with Crippen LogP contribution in [0.3, 0.4) is 0 Å². The summed E-state index contributed by atoms with van der Waals surface area (Å²) in [6, 6.07) is -0.968. The van der Waals surface area contributed by atoms with Gasteiger partial charge in [-0.15, -0.1) is 23.1 Å². The first-order chi connectivity index (χ1) is 20.0. The normalized spacial score (nSPS) is 19.1. The van der Waals surface area contributed by atoms with Crippen LogP contribution in [-0.4, -0.2) is 79.2 Å². The number of hydrogen-bond acceptors (Lipinski definition) is 15. The van der Waals surface area contributed by atoms with E-state index in [0.717, 1.165) is 23.1 Å². The number of nitrogens with zero attached hydrogens (tertiary/aromatic N) is 5. The van der Waals surface area contributed by atoms with Gasteiger partial charge in [0.05, 0.1) is 29.0 Å². The zero-order valence-corrected chi connectivity index (χ0v) is 25.4. The maximum Gasteiger partial charge on any atom is 0.358 e. The third-order valence-corrected chi connectivity index (χ3v) is 8.15. The highest BCUT2D eigenvalue weighted by Crippen LogP contribution is 2.41. The van der Waals surface area contributed by atoms with Crippen LogP contribution >= 0.6 is 34.8 Å². The Morgan fingerprint density at radius 3 is 2.64 bits per heavy atom. The standard InChI is InChI=1S/C25H27N7O7S3/c1-25(2,3)23(36)39-12-38-22(35)18-13(7-5-6-8-14-9-27-42-31-14)10-40-21-17(20(34)32(18)21)29-19(33)16(30-37-4)15-11-41-24(26)28-15/h5-9,11,17,21H,10,12H2,1-4H3,(H2,26,28)(H,29,33)/b7-5+,8-6+,30-16-/t17-,21-/m1/s1. The summed E-state index contributed by atoms with van der Waals surface area (Å²) in [4.78, 5) is 61.8. The van der Waals surface area contributed by atoms with Gasteiger partial charge in [0.1, 0.15) is 29.9 Å². The number of anilines is 1. The Labute approximate surface area is 253 Å². The SMILES string of the molecule is CO/N=C(\C(=O)N[C@@H]1C(=O)N2C(C(=O)OCOC(=O)C(C)(C)C)=C(/C=C/C=C/c3cnsn3)CS[C@H]12)c1csc(N)n1. The summed E-state index contributed by atoms with van der Waals surface area (Å²) in [7, 11) is 1.27. The van der Waals surface area contributed by atoms with Crippen molar-refractivity contribution in [2.75, 3.05) is 25.4 Å². The zero-order valence-electron chi connectivity index (χ0n) is 22.9. The molecular weight excluding hydrogens is 607 g/mol. The summed E-state index contributed by atoms with van der Waals surface area (Å²) >= 11 is 3.54. The number of carbonyl (C=O) groups excluding carboxylic acids is 4. The third-order valence-electron chi connectivity index (χ3n) is 5.69. The maximum atomic E-state index is 13.3. The minimum atomic E-state index is -0.968. The van der Waals surface area contributed by atoms with Crippen LogP contribution in [-0.2, 0) is 33.5 Å². The first-order valence-corrected chi connectivity index (χ1v) is 14.9. The number of hydrogen-bond donors (Lipinski definition) is 2. The van der Waals surface area contributed by atoms with Gasteiger partial charge in [0.25, 0.3) is 11.8 Å². The number of aromatic nitrogens is 3. The average Bonchev–Trinajstić information content (AvgIpc) is 3.63. The molecule has 42 heavy (non-hydrogen) atoms. The summed E-state index contributed by atoms with van der Waals surface area (Å²) in [6.45, 7) is 4.37. The van der Waals surface area contributed by atoms with Crippen molar-refractivity contribution in [3.63, 3.8) is 0 Å². The molecule has 2 aromatic heterocycles. The fourth-order valence-electron chi connectivity index (χ4n) is 3.65. The molecule has 0 aliphatic carbocycles. The number of amides is 2. The molecule has 2 aromatic rings. The van der Waals surface area contributed by atoms with E-state index >= 15 is 0 Å². The van der Waals surface area contributed by atoms with Crippen LogP contribution in [0.1, 0.15) is 32.2 Å². The van der Waals surface area contributed by atoms with E-state index in [1.807, 2.05) is 0 Å². The van der Waals surface area contributed by atoms with Crippen LogP contribution in [0.15, 0.2) is 46.2 Å². The lowest BCUT2D eigenvalue weighted by atomic mass is 9.98. The lowest BCUT2D eigenvalue weighted by molar-refractivity contribution is -0.173. The van der Waals surface area contributed by atoms with Crippen LogP contribution in [0, 0.1) is 5.41 Å². The number of allylic oxidation sites excluding steroid dienone is 3. The Bertz CT molecular complexity index is 1480. The number of thiazole rings is 1. The number of nitrogen functional groups attached to an aromatic ring is 1. The third kappa shape index (κ3) is 7.03. The van der Waals surface area contributed by atoms with Crippen LogP contribution in [0.4, 0.5) is 5.13 Å². The monoisotopic (exact) mass is 633 g/mol. The number of rotatable bonds is 10. The van der Waals surface area contributed by atoms with Gasteiger partial charge in [0, 0.05) is 11.1 Å². The maximum absolute atomic E-state index is 13.3. The molecule has 0 spiro atoms. The van der Waals surface area contributed by atoms with Gasteiger partial charge in [-0.1, -0.05) is 23.4 Å². The molecule has 1 saturated heterocycles. The van der Waals surface area contributed by atoms with Gasteiger partial charge in [-0.05, 0) is 32.4 Å². The molecule has 3 N–H and O–H groups in total. The molecule has 0 saturated carbocycles. The topological polar surface area (TPSA) is 188 Å². The summed E-state index contributed by atoms with van der Waals surface area (Å²) in [5.41, 5.74) is 6.09. The highest BCUT2D eigenvalue weighted by Gasteiger charge is 2.54. The molecule has 14 nitrogen and oxygen atoms in total. The molecule has 0 radical (unpaired) electrons. The molecular formula is C25H27N7O7S3. The van der Waals surface area contributed by atoms with E-state index < -0.39 is 47.4 Å². The van der Waals surface area contributed by atoms with Crippen molar-refractivity contribution in [1.82, 2.24) is 23.9 Å². The Kier molecular flexibility index (Phi) is 9.74. The number of β-lactam (4-membered cyclic amide) rings is 1. The molecule has 0 unspecified atom stereocenters. The largest absolute Gasteiger partial charge is 0.427 e. The molecule has 4 rings (SSSR count). The number of nitrogens with two attached hydrogens (primary N) is 1. The molecule has 2 aliphatic heterocycles. The van der Waals surface area contributed by atoms with Crippen LogP contribution in [0.2, 0.25) is 0 Å². The molecule has 222 valence electrons. The molecule has 2 aliphatic rings. The molecule has 4 heterocycles. The van der Waals surface area contributed by atoms with Crippen molar-refractivity contribution in [3.8, 4) is 0 Å². The summed E-state index contributed by atoms with van der Waals surface area (Å²) in [5.74, 6) is -2.33. The van der Waals surface area contributed by atoms with Gasteiger partial charge in [-0.2, -0.15) is 8.75 Å². The van der Waals surface area contributed by atoms with E-state index in [1.165, 1.54) is 23.8 Å². The van der Waals surface area contributed by atoms with Gasteiger partial charge in [-0.25, -0.2) is 9.78 Å². The summed E-state index contributed by atoms with van der Waals surface area (Å²) in [6.07, 6.45) is 8.43. The van der Waals surface area contributed by atoms with E-state index in [9.17, 15) is 19.2 Å². The second-order valence-corrected chi connectivity index (χ2v) is 12.3. The lowest BCUT2D eigenvalue weighted by Gasteiger charge is -2.49. The minimum absolute atomic E-state index is 0.0147. The van der Waals surface area contributed by atoms with Gasteiger partial charge < -0.3 is 25.4 Å². The minimum Gasteiger partial charge on any atom is -0.427 e. The van der Waals surface area contributed by atoms with E-state index in [0.29, 0.717) is 17.0 Å². The van der Waals surface area contributed by atoms with E-state index in [1.54, 1.807) is 56.7 Å². The smallest absolute Gasteiger partial charge is 0.358 e. The summed E-state index contributed by atoms with van der Waals surface area (Å²) in [5, 5.41) is 7.55. The fraction of sp³-hybridized carbons (Fsp3) is 0.360. The summed E-state index contributed by atoms with van der Waals surface area (Å²) < 4.78 is 18.3. The van der Waals surface area contributed by atoms with Crippen LogP contribution < -0.4 is 11.1 Å². The first kappa shape index (κ1) is 30.9. The molecule has 2 atom stereocenters. The number of fused-ring (bicyclic) bond motifs is 1. The Hall–Kier alpha value is -4.09. The Balaban J connectivity index is 1.53. The number of carbonyl (C=O) groups is 4. The highest BCUT2D eigenvalue weighted by molar-refractivity contribution is 8.00. The van der Waals surface area contributed by atoms with Crippen molar-refractivity contribution in [2.45, 2.75) is 32.2 Å². The predicted molar refractivity (Wildman–Crippen MR) is 157 cm³/mol. The van der Waals surface area contributed by atoms with Crippen molar-refractivity contribution in [3.05, 3.63) is 52.5 Å². The molecule has 1 fully saturated rings. The number of oxime groups is 1. The number of esters is 2. The molecule has 0 aromatic carbocycles. The number of thioether (sulfide) groups is 1. The van der Waals surface area contributed by atoms with Gasteiger partial charge in [-0.3, -0.25) is 19.3 Å². The van der Waals surface area contributed by atoms with Crippen LogP contribution in [0.5, 0.6) is 0 Å².